The van der Waals surface area contributed by atoms with Gasteiger partial charge in [0.25, 0.3) is 0 Å². The lowest BCUT2D eigenvalue weighted by Gasteiger charge is -2.30. The van der Waals surface area contributed by atoms with Crippen molar-refractivity contribution < 1.29 is 9.59 Å². The third-order valence-electron chi connectivity index (χ3n) is 3.77. The lowest BCUT2D eigenvalue weighted by molar-refractivity contribution is -0.147. The van der Waals surface area contributed by atoms with Crippen LogP contribution < -0.4 is 11.1 Å². The number of hydrogen-bond donors (Lipinski definition) is 2. The summed E-state index contributed by atoms with van der Waals surface area (Å²) in [5, 5.41) is 2.66. The van der Waals surface area contributed by atoms with Gasteiger partial charge in [0.05, 0.1) is 6.04 Å². The zero-order chi connectivity index (χ0) is 15.4. The first-order valence-electron chi connectivity index (χ1n) is 7.26. The van der Waals surface area contributed by atoms with Gasteiger partial charge in [0.2, 0.25) is 0 Å². The van der Waals surface area contributed by atoms with Crippen LogP contribution in [-0.4, -0.2) is 42.1 Å². The van der Waals surface area contributed by atoms with Crippen molar-refractivity contribution in [3.8, 4) is 0 Å². The number of amides is 2. The van der Waals surface area contributed by atoms with Crippen LogP contribution in [0.4, 0.5) is 0 Å². The monoisotopic (exact) mass is 290 g/mol. The molecule has 2 rings (SSSR count). The number of rotatable bonds is 1. The number of carbonyl (C=O) groups is 2. The Morgan fingerprint density at radius 2 is 2.24 bits per heavy atom. The van der Waals surface area contributed by atoms with E-state index in [-0.39, 0.29) is 0 Å². The molecule has 114 valence electrons. The molecule has 3 N–H and O–H groups in total. The third-order valence-corrected chi connectivity index (χ3v) is 3.77. The Balaban J connectivity index is 1.94. The summed E-state index contributed by atoms with van der Waals surface area (Å²) in [7, 11) is 0. The van der Waals surface area contributed by atoms with Crippen LogP contribution in [-0.2, 0) is 9.59 Å². The Morgan fingerprint density at radius 3 is 2.95 bits per heavy atom. The molecule has 2 unspecified atom stereocenters. The van der Waals surface area contributed by atoms with Gasteiger partial charge >= 0.3 is 11.8 Å². The second-order valence-electron chi connectivity index (χ2n) is 5.70. The number of carbonyl (C=O) groups excluding carboxylic acids is 2. The average Bonchev–Trinajstić information content (AvgIpc) is 2.62. The van der Waals surface area contributed by atoms with Crippen LogP contribution in [0, 0.1) is 5.92 Å². The van der Waals surface area contributed by atoms with Crippen LogP contribution in [0.1, 0.15) is 26.7 Å². The highest BCUT2D eigenvalue weighted by Crippen LogP contribution is 2.15. The highest BCUT2D eigenvalue weighted by atomic mass is 16.2. The van der Waals surface area contributed by atoms with Gasteiger partial charge in [-0.25, -0.2) is 4.99 Å². The molecule has 0 aromatic rings. The second-order valence-corrected chi connectivity index (χ2v) is 5.70. The second kappa shape index (κ2) is 6.56. The minimum absolute atomic E-state index is 0.416. The topological polar surface area (TPSA) is 87.8 Å². The van der Waals surface area contributed by atoms with Gasteiger partial charge in [0.1, 0.15) is 5.82 Å². The Kier molecular flexibility index (Phi) is 4.77. The number of piperidine rings is 1. The van der Waals surface area contributed by atoms with Gasteiger partial charge in [0, 0.05) is 19.3 Å². The summed E-state index contributed by atoms with van der Waals surface area (Å²) in [6.07, 6.45) is 7.15. The van der Waals surface area contributed by atoms with Crippen molar-refractivity contribution in [1.82, 2.24) is 10.2 Å². The number of allylic oxidation sites excluding steroid dienone is 2. The Labute approximate surface area is 124 Å². The molecule has 2 aliphatic rings. The van der Waals surface area contributed by atoms with E-state index in [4.69, 9.17) is 5.73 Å². The largest absolute Gasteiger partial charge is 0.383 e. The molecule has 2 heterocycles. The number of nitrogens with one attached hydrogen (secondary N) is 1. The maximum Gasteiger partial charge on any atom is 0.311 e. The quantitative estimate of drug-likeness (QED) is 0.692. The Bertz CT molecular complexity index is 500. The standard InChI is InChI=1S/C15H22N4O2/c1-10-4-3-7-19(9-10)15(21)14(20)18-12-6-5-11(2)13(16)17-8-12/h5-6,8,10,12H,3-4,7,9,16H2,1-2H3,(H,18,20). The molecular weight excluding hydrogens is 268 g/mol. The van der Waals surface area contributed by atoms with Crippen LogP contribution in [0.3, 0.4) is 0 Å². The fourth-order valence-electron chi connectivity index (χ4n) is 2.46. The smallest absolute Gasteiger partial charge is 0.311 e. The molecular formula is C15H22N4O2. The zero-order valence-electron chi connectivity index (χ0n) is 12.5. The van der Waals surface area contributed by atoms with E-state index in [2.05, 4.69) is 17.2 Å². The first-order chi connectivity index (χ1) is 9.97. The molecule has 0 bridgehead atoms. The molecule has 0 saturated carbocycles. The van der Waals surface area contributed by atoms with Crippen LogP contribution in [0.25, 0.3) is 0 Å². The van der Waals surface area contributed by atoms with Crippen molar-refractivity contribution >= 4 is 18.0 Å². The predicted molar refractivity (Wildman–Crippen MR) is 81.4 cm³/mol. The molecule has 6 nitrogen and oxygen atoms in total. The van der Waals surface area contributed by atoms with Gasteiger partial charge in [-0.2, -0.15) is 0 Å². The van der Waals surface area contributed by atoms with Gasteiger partial charge in [-0.1, -0.05) is 19.1 Å². The van der Waals surface area contributed by atoms with E-state index in [1.54, 1.807) is 17.1 Å². The number of hydrogen-bond acceptors (Lipinski definition) is 4. The number of aliphatic imine (C=N–C) groups is 1. The molecule has 2 atom stereocenters. The number of nitrogens with two attached hydrogens (primary N) is 1. The van der Waals surface area contributed by atoms with E-state index in [0.29, 0.717) is 24.8 Å². The maximum atomic E-state index is 12.1. The molecule has 0 aromatic carbocycles. The molecule has 0 aromatic heterocycles. The summed E-state index contributed by atoms with van der Waals surface area (Å²) in [5.74, 6) is -0.200. The van der Waals surface area contributed by atoms with E-state index in [1.165, 1.54) is 6.21 Å². The van der Waals surface area contributed by atoms with Gasteiger partial charge < -0.3 is 16.0 Å². The van der Waals surface area contributed by atoms with E-state index in [0.717, 1.165) is 18.4 Å². The molecule has 6 heteroatoms. The molecule has 1 saturated heterocycles. The third kappa shape index (κ3) is 3.93. The van der Waals surface area contributed by atoms with E-state index in [9.17, 15) is 9.59 Å². The molecule has 21 heavy (non-hydrogen) atoms. The van der Waals surface area contributed by atoms with Crippen molar-refractivity contribution in [3.05, 3.63) is 23.5 Å². The van der Waals surface area contributed by atoms with Gasteiger partial charge in [-0.05, 0) is 31.3 Å². The minimum atomic E-state index is -0.594. The highest BCUT2D eigenvalue weighted by Gasteiger charge is 2.26. The van der Waals surface area contributed by atoms with Gasteiger partial charge in [0.15, 0.2) is 0 Å². The highest BCUT2D eigenvalue weighted by molar-refractivity contribution is 6.35. The molecule has 2 amide bonds. The maximum absolute atomic E-state index is 12.1. The van der Waals surface area contributed by atoms with Crippen molar-refractivity contribution in [2.45, 2.75) is 32.7 Å². The normalized spacial score (nSPS) is 25.7. The lowest BCUT2D eigenvalue weighted by atomic mass is 10.0. The van der Waals surface area contributed by atoms with Gasteiger partial charge in [-0.15, -0.1) is 0 Å². The van der Waals surface area contributed by atoms with Gasteiger partial charge in [-0.3, -0.25) is 9.59 Å². The van der Waals surface area contributed by atoms with Crippen molar-refractivity contribution in [1.29, 1.82) is 0 Å². The van der Waals surface area contributed by atoms with Crippen molar-refractivity contribution in [3.63, 3.8) is 0 Å². The fourth-order valence-corrected chi connectivity index (χ4v) is 2.46. The fraction of sp³-hybridized carbons (Fsp3) is 0.533. The van der Waals surface area contributed by atoms with E-state index < -0.39 is 17.9 Å². The van der Waals surface area contributed by atoms with Crippen LogP contribution in [0.2, 0.25) is 0 Å². The number of likely N-dealkylation sites (tertiary alicyclic amines) is 1. The average molecular weight is 290 g/mol. The SMILES string of the molecule is CC1=C(N)N=CC(NC(=O)C(=O)N2CCCC(C)C2)C=C1. The van der Waals surface area contributed by atoms with Crippen LogP contribution in [0.15, 0.2) is 28.5 Å². The molecule has 0 spiro atoms. The summed E-state index contributed by atoms with van der Waals surface area (Å²) in [6, 6.07) is -0.417. The summed E-state index contributed by atoms with van der Waals surface area (Å²) in [5.41, 5.74) is 6.54. The van der Waals surface area contributed by atoms with E-state index in [1.807, 2.05) is 6.92 Å². The lowest BCUT2D eigenvalue weighted by Crippen LogP contribution is -2.49. The molecule has 0 aliphatic carbocycles. The summed E-state index contributed by atoms with van der Waals surface area (Å²) >= 11 is 0. The zero-order valence-corrected chi connectivity index (χ0v) is 12.5. The molecule has 0 radical (unpaired) electrons. The first-order valence-corrected chi connectivity index (χ1v) is 7.26. The summed E-state index contributed by atoms with van der Waals surface area (Å²) < 4.78 is 0. The van der Waals surface area contributed by atoms with Crippen LogP contribution in [0.5, 0.6) is 0 Å². The summed E-state index contributed by atoms with van der Waals surface area (Å²) in [6.45, 7) is 5.23. The number of nitrogens with zero attached hydrogens (tertiary/aromatic N) is 2. The Morgan fingerprint density at radius 1 is 1.48 bits per heavy atom. The summed E-state index contributed by atoms with van der Waals surface area (Å²) in [4.78, 5) is 29.9. The minimum Gasteiger partial charge on any atom is -0.383 e. The predicted octanol–water partition coefficient (Wildman–Crippen LogP) is 0.561. The molecule has 1 fully saturated rings. The van der Waals surface area contributed by atoms with Crippen molar-refractivity contribution in [2.75, 3.05) is 13.1 Å². The first kappa shape index (κ1) is 15.3. The Hall–Kier alpha value is -2.11. The van der Waals surface area contributed by atoms with Crippen LogP contribution >= 0.6 is 0 Å². The van der Waals surface area contributed by atoms with Crippen molar-refractivity contribution in [2.24, 2.45) is 16.6 Å². The van der Waals surface area contributed by atoms with E-state index >= 15 is 0 Å². The molecule has 2 aliphatic heterocycles.